The zero-order valence-electron chi connectivity index (χ0n) is 15.7. The summed E-state index contributed by atoms with van der Waals surface area (Å²) in [6.45, 7) is 1.41. The van der Waals surface area contributed by atoms with E-state index in [9.17, 15) is 14.4 Å². The van der Waals surface area contributed by atoms with Gasteiger partial charge in [-0.1, -0.05) is 35.3 Å². The highest BCUT2D eigenvalue weighted by atomic mass is 35.5. The van der Waals surface area contributed by atoms with E-state index in [0.717, 1.165) is 16.2 Å². The van der Waals surface area contributed by atoms with Crippen molar-refractivity contribution in [3.05, 3.63) is 75.8 Å². The zero-order chi connectivity index (χ0) is 21.4. The molecular formula is C20H15Cl2N5O3. The third-order valence-electron chi connectivity index (χ3n) is 4.77. The number of rotatable bonds is 5. The Morgan fingerprint density at radius 3 is 2.20 bits per heavy atom. The molecule has 2 heterocycles. The average Bonchev–Trinajstić information content (AvgIpc) is 3.33. The summed E-state index contributed by atoms with van der Waals surface area (Å²) in [7, 11) is 0. The first-order valence-electron chi connectivity index (χ1n) is 8.94. The molecule has 4 rings (SSSR count). The van der Waals surface area contributed by atoms with Crippen molar-refractivity contribution in [2.24, 2.45) is 0 Å². The fraction of sp³-hybridized carbons (Fsp3) is 0.150. The van der Waals surface area contributed by atoms with Crippen LogP contribution in [0.4, 0.5) is 0 Å². The Morgan fingerprint density at radius 2 is 1.67 bits per heavy atom. The number of halogens is 2. The van der Waals surface area contributed by atoms with Crippen LogP contribution in [-0.4, -0.2) is 43.9 Å². The minimum Gasteiger partial charge on any atom is -0.348 e. The fourth-order valence-corrected chi connectivity index (χ4v) is 3.53. The van der Waals surface area contributed by atoms with Gasteiger partial charge in [-0.3, -0.25) is 19.3 Å². The van der Waals surface area contributed by atoms with Gasteiger partial charge in [0.05, 0.1) is 32.9 Å². The number of imide groups is 1. The van der Waals surface area contributed by atoms with E-state index in [4.69, 9.17) is 23.2 Å². The third-order valence-corrected chi connectivity index (χ3v) is 5.49. The SMILES string of the molecule is CC(NC(=O)CN1C(=O)c2cc(Cl)c(Cl)cc2C1=O)c1ccc(-n2cncn2)cc1. The Kier molecular flexibility index (Phi) is 5.27. The van der Waals surface area contributed by atoms with Crippen molar-refractivity contribution in [2.75, 3.05) is 6.54 Å². The largest absolute Gasteiger partial charge is 0.348 e. The molecule has 1 atom stereocenters. The first kappa shape index (κ1) is 20.1. The second-order valence-electron chi connectivity index (χ2n) is 6.73. The molecular weight excluding hydrogens is 429 g/mol. The molecule has 0 aliphatic carbocycles. The standard InChI is InChI=1S/C20H15Cl2N5O3/c1-11(12-2-4-13(5-3-12)27-10-23-9-24-27)25-18(28)8-26-19(29)14-6-16(21)17(22)7-15(14)20(26)30/h2-7,9-11H,8H2,1H3,(H,25,28). The van der Waals surface area contributed by atoms with Crippen molar-refractivity contribution < 1.29 is 14.4 Å². The number of benzene rings is 2. The van der Waals surface area contributed by atoms with Crippen LogP contribution in [0.1, 0.15) is 39.2 Å². The maximum atomic E-state index is 12.5. The smallest absolute Gasteiger partial charge is 0.262 e. The van der Waals surface area contributed by atoms with Crippen LogP contribution in [0.2, 0.25) is 10.0 Å². The van der Waals surface area contributed by atoms with E-state index in [1.807, 2.05) is 31.2 Å². The number of fused-ring (bicyclic) bond motifs is 1. The molecule has 1 unspecified atom stereocenters. The molecule has 0 bridgehead atoms. The molecule has 0 fully saturated rings. The number of carbonyl (C=O) groups excluding carboxylic acids is 3. The molecule has 0 radical (unpaired) electrons. The lowest BCUT2D eigenvalue weighted by molar-refractivity contribution is -0.122. The number of hydrogen-bond donors (Lipinski definition) is 1. The van der Waals surface area contributed by atoms with Crippen molar-refractivity contribution in [2.45, 2.75) is 13.0 Å². The lowest BCUT2D eigenvalue weighted by Gasteiger charge is -2.18. The van der Waals surface area contributed by atoms with E-state index in [-0.39, 0.29) is 27.2 Å². The van der Waals surface area contributed by atoms with E-state index in [0.29, 0.717) is 0 Å². The van der Waals surface area contributed by atoms with E-state index < -0.39 is 24.3 Å². The Hall–Kier alpha value is -3.23. The summed E-state index contributed by atoms with van der Waals surface area (Å²) in [5.74, 6) is -1.61. The van der Waals surface area contributed by atoms with Crippen LogP contribution in [-0.2, 0) is 4.79 Å². The molecule has 3 amide bonds. The van der Waals surface area contributed by atoms with Crippen LogP contribution in [0.25, 0.3) is 5.69 Å². The monoisotopic (exact) mass is 443 g/mol. The third kappa shape index (κ3) is 3.67. The van der Waals surface area contributed by atoms with Crippen molar-refractivity contribution in [1.29, 1.82) is 0 Å². The normalized spacial score (nSPS) is 14.0. The number of nitrogens with zero attached hydrogens (tertiary/aromatic N) is 4. The Balaban J connectivity index is 1.42. The minimum atomic E-state index is -0.575. The summed E-state index contributed by atoms with van der Waals surface area (Å²) >= 11 is 11.9. The van der Waals surface area contributed by atoms with Crippen molar-refractivity contribution in [3.8, 4) is 5.69 Å². The molecule has 1 aromatic heterocycles. The van der Waals surface area contributed by atoms with Gasteiger partial charge < -0.3 is 5.32 Å². The Bertz CT molecular complexity index is 1110. The highest BCUT2D eigenvalue weighted by Crippen LogP contribution is 2.31. The fourth-order valence-electron chi connectivity index (χ4n) is 3.20. The molecule has 2 aromatic carbocycles. The predicted octanol–water partition coefficient (Wildman–Crippen LogP) is 3.05. The molecule has 30 heavy (non-hydrogen) atoms. The highest BCUT2D eigenvalue weighted by Gasteiger charge is 2.37. The van der Waals surface area contributed by atoms with Crippen molar-refractivity contribution in [3.63, 3.8) is 0 Å². The molecule has 8 nitrogen and oxygen atoms in total. The quantitative estimate of drug-likeness (QED) is 0.611. The van der Waals surface area contributed by atoms with Gasteiger partial charge in [-0.25, -0.2) is 9.67 Å². The maximum Gasteiger partial charge on any atom is 0.262 e. The van der Waals surface area contributed by atoms with Crippen molar-refractivity contribution in [1.82, 2.24) is 25.0 Å². The van der Waals surface area contributed by atoms with Gasteiger partial charge in [0.15, 0.2) is 0 Å². The minimum absolute atomic E-state index is 0.138. The van der Waals surface area contributed by atoms with Crippen LogP contribution in [0.5, 0.6) is 0 Å². The summed E-state index contributed by atoms with van der Waals surface area (Å²) in [6, 6.07) is 9.77. The zero-order valence-corrected chi connectivity index (χ0v) is 17.2. The summed E-state index contributed by atoms with van der Waals surface area (Å²) in [4.78, 5) is 42.3. The lowest BCUT2D eigenvalue weighted by atomic mass is 10.1. The van der Waals surface area contributed by atoms with Gasteiger partial charge >= 0.3 is 0 Å². The van der Waals surface area contributed by atoms with E-state index in [2.05, 4.69) is 15.4 Å². The number of carbonyl (C=O) groups is 3. The molecule has 10 heteroatoms. The first-order valence-corrected chi connectivity index (χ1v) is 9.70. The molecule has 1 aliphatic rings. The summed E-state index contributed by atoms with van der Waals surface area (Å²) < 4.78 is 1.62. The van der Waals surface area contributed by atoms with E-state index in [1.165, 1.54) is 18.5 Å². The van der Waals surface area contributed by atoms with Crippen LogP contribution >= 0.6 is 23.2 Å². The lowest BCUT2D eigenvalue weighted by Crippen LogP contribution is -2.41. The molecule has 1 aliphatic heterocycles. The molecule has 0 saturated heterocycles. The number of aromatic nitrogens is 3. The van der Waals surface area contributed by atoms with E-state index in [1.54, 1.807) is 11.0 Å². The van der Waals surface area contributed by atoms with Crippen LogP contribution in [0.15, 0.2) is 49.1 Å². The Morgan fingerprint density at radius 1 is 1.07 bits per heavy atom. The molecule has 152 valence electrons. The molecule has 1 N–H and O–H groups in total. The molecule has 0 saturated carbocycles. The van der Waals surface area contributed by atoms with Gasteiger partial charge in [0.1, 0.15) is 19.2 Å². The second-order valence-corrected chi connectivity index (χ2v) is 7.54. The summed E-state index contributed by atoms with van der Waals surface area (Å²) in [5.41, 5.74) is 1.96. The second kappa shape index (κ2) is 7.89. The van der Waals surface area contributed by atoms with Gasteiger partial charge in [-0.05, 0) is 36.8 Å². The van der Waals surface area contributed by atoms with Crippen LogP contribution < -0.4 is 5.32 Å². The van der Waals surface area contributed by atoms with Gasteiger partial charge in [0.2, 0.25) is 5.91 Å². The Labute approximate surface area is 181 Å². The van der Waals surface area contributed by atoms with Crippen LogP contribution in [0.3, 0.4) is 0 Å². The molecule has 3 aromatic rings. The van der Waals surface area contributed by atoms with Gasteiger partial charge in [0, 0.05) is 0 Å². The predicted molar refractivity (Wildman–Crippen MR) is 110 cm³/mol. The maximum absolute atomic E-state index is 12.5. The van der Waals surface area contributed by atoms with Crippen LogP contribution in [0, 0.1) is 0 Å². The highest BCUT2D eigenvalue weighted by molar-refractivity contribution is 6.43. The van der Waals surface area contributed by atoms with Gasteiger partial charge in [-0.15, -0.1) is 0 Å². The summed E-state index contributed by atoms with van der Waals surface area (Å²) in [6.07, 6.45) is 3.03. The summed E-state index contributed by atoms with van der Waals surface area (Å²) in [5, 5.41) is 7.20. The number of amides is 3. The van der Waals surface area contributed by atoms with Crippen molar-refractivity contribution >= 4 is 40.9 Å². The number of hydrogen-bond acceptors (Lipinski definition) is 5. The number of nitrogens with one attached hydrogen (secondary N) is 1. The molecule has 0 spiro atoms. The first-order chi connectivity index (χ1) is 14.3. The average molecular weight is 444 g/mol. The topological polar surface area (TPSA) is 97.2 Å². The van der Waals surface area contributed by atoms with E-state index >= 15 is 0 Å². The van der Waals surface area contributed by atoms with Gasteiger partial charge in [-0.2, -0.15) is 5.10 Å². The van der Waals surface area contributed by atoms with Gasteiger partial charge in [0.25, 0.3) is 11.8 Å².